The van der Waals surface area contributed by atoms with Gasteiger partial charge in [0.25, 0.3) is 5.91 Å². The maximum atomic E-state index is 12.8. The summed E-state index contributed by atoms with van der Waals surface area (Å²) in [7, 11) is 0. The second kappa shape index (κ2) is 9.33. The number of hydrogen-bond acceptors (Lipinski definition) is 6. The summed E-state index contributed by atoms with van der Waals surface area (Å²) in [5, 5.41) is 5.26. The SMILES string of the molecule is C#CCNC(=O)CN1CCCN(C(=O)c2csc(-c3ccc(Cl)s3)n2)CC1. The minimum Gasteiger partial charge on any atom is -0.344 e. The molecule has 3 rings (SSSR count). The Kier molecular flexibility index (Phi) is 6.85. The monoisotopic (exact) mass is 422 g/mol. The van der Waals surface area contributed by atoms with Crippen LogP contribution in [0.2, 0.25) is 4.34 Å². The zero-order valence-electron chi connectivity index (χ0n) is 14.6. The standard InChI is InChI=1S/C18H19ClN4O2S2/c1-2-6-20-16(24)11-22-7-3-8-23(10-9-22)18(25)13-12-26-17(21-13)14-4-5-15(19)27-14/h1,4-5,12H,3,6-11H2,(H,20,24). The lowest BCUT2D eigenvalue weighted by atomic mass is 10.3. The van der Waals surface area contributed by atoms with E-state index in [0.29, 0.717) is 36.2 Å². The summed E-state index contributed by atoms with van der Waals surface area (Å²) in [6.45, 7) is 3.16. The van der Waals surface area contributed by atoms with Gasteiger partial charge in [0.1, 0.15) is 10.7 Å². The highest BCUT2D eigenvalue weighted by atomic mass is 35.5. The molecule has 1 aliphatic rings. The molecule has 0 spiro atoms. The summed E-state index contributed by atoms with van der Waals surface area (Å²) in [6, 6.07) is 3.74. The van der Waals surface area contributed by atoms with E-state index in [1.807, 2.05) is 17.0 Å². The minimum atomic E-state index is -0.0912. The summed E-state index contributed by atoms with van der Waals surface area (Å²) in [5.74, 6) is 2.23. The predicted molar refractivity (Wildman–Crippen MR) is 109 cm³/mol. The van der Waals surface area contributed by atoms with Crippen LogP contribution in [0.1, 0.15) is 16.9 Å². The lowest BCUT2D eigenvalue weighted by molar-refractivity contribution is -0.121. The van der Waals surface area contributed by atoms with Gasteiger partial charge < -0.3 is 10.2 Å². The van der Waals surface area contributed by atoms with Crippen molar-refractivity contribution in [3.05, 3.63) is 27.5 Å². The first kappa shape index (κ1) is 19.8. The molecule has 0 unspecified atom stereocenters. The van der Waals surface area contributed by atoms with E-state index in [2.05, 4.69) is 16.2 Å². The number of hydrogen-bond donors (Lipinski definition) is 1. The van der Waals surface area contributed by atoms with Crippen LogP contribution < -0.4 is 5.32 Å². The smallest absolute Gasteiger partial charge is 0.273 e. The van der Waals surface area contributed by atoms with Crippen LogP contribution in [0.3, 0.4) is 0 Å². The topological polar surface area (TPSA) is 65.5 Å². The molecule has 1 fully saturated rings. The van der Waals surface area contributed by atoms with E-state index in [0.717, 1.165) is 22.9 Å². The first-order chi connectivity index (χ1) is 13.1. The van der Waals surface area contributed by atoms with E-state index in [4.69, 9.17) is 18.0 Å². The number of aromatic nitrogens is 1. The van der Waals surface area contributed by atoms with Crippen molar-refractivity contribution in [3.8, 4) is 22.2 Å². The van der Waals surface area contributed by atoms with Crippen molar-refractivity contribution in [2.24, 2.45) is 0 Å². The fraction of sp³-hybridized carbons (Fsp3) is 0.389. The Morgan fingerprint density at radius 2 is 2.15 bits per heavy atom. The molecule has 3 heterocycles. The second-order valence-corrected chi connectivity index (χ2v) is 8.62. The molecule has 0 radical (unpaired) electrons. The van der Waals surface area contributed by atoms with Gasteiger partial charge in [0.05, 0.1) is 22.3 Å². The van der Waals surface area contributed by atoms with E-state index >= 15 is 0 Å². The van der Waals surface area contributed by atoms with E-state index in [-0.39, 0.29) is 18.4 Å². The minimum absolute atomic E-state index is 0.0706. The Morgan fingerprint density at radius 1 is 1.30 bits per heavy atom. The molecule has 142 valence electrons. The van der Waals surface area contributed by atoms with Crippen LogP contribution in [0.4, 0.5) is 0 Å². The van der Waals surface area contributed by atoms with Gasteiger partial charge in [-0.05, 0) is 18.6 Å². The van der Waals surface area contributed by atoms with Crippen molar-refractivity contribution in [2.45, 2.75) is 6.42 Å². The number of carbonyl (C=O) groups excluding carboxylic acids is 2. The number of carbonyl (C=O) groups is 2. The Bertz CT molecular complexity index is 858. The molecule has 1 N–H and O–H groups in total. The number of rotatable bonds is 5. The maximum Gasteiger partial charge on any atom is 0.273 e. The predicted octanol–water partition coefficient (Wildman–Crippen LogP) is 2.42. The van der Waals surface area contributed by atoms with E-state index < -0.39 is 0 Å². The fourth-order valence-electron chi connectivity index (χ4n) is 2.82. The molecule has 0 saturated carbocycles. The van der Waals surface area contributed by atoms with Gasteiger partial charge in [0, 0.05) is 31.6 Å². The van der Waals surface area contributed by atoms with Gasteiger partial charge in [-0.2, -0.15) is 0 Å². The molecule has 2 amide bonds. The molecule has 0 aliphatic carbocycles. The van der Waals surface area contributed by atoms with Crippen LogP contribution >= 0.6 is 34.3 Å². The molecule has 0 aromatic carbocycles. The van der Waals surface area contributed by atoms with Crippen molar-refractivity contribution in [1.29, 1.82) is 0 Å². The zero-order valence-corrected chi connectivity index (χ0v) is 17.0. The number of halogens is 1. The fourth-order valence-corrected chi connectivity index (χ4v) is 4.73. The molecule has 1 aliphatic heterocycles. The average molecular weight is 423 g/mol. The number of terminal acetylenes is 1. The summed E-state index contributed by atoms with van der Waals surface area (Å²) >= 11 is 8.87. The van der Waals surface area contributed by atoms with Crippen LogP contribution in [0.25, 0.3) is 9.88 Å². The van der Waals surface area contributed by atoms with Crippen LogP contribution in [-0.2, 0) is 4.79 Å². The molecule has 1 saturated heterocycles. The lowest BCUT2D eigenvalue weighted by Crippen LogP contribution is -2.40. The molecule has 27 heavy (non-hydrogen) atoms. The van der Waals surface area contributed by atoms with Crippen molar-refractivity contribution >= 4 is 46.1 Å². The Labute approximate surface area is 171 Å². The molecule has 9 heteroatoms. The third-order valence-electron chi connectivity index (χ3n) is 4.14. The third-order valence-corrected chi connectivity index (χ3v) is 6.38. The Balaban J connectivity index is 1.57. The largest absolute Gasteiger partial charge is 0.344 e. The van der Waals surface area contributed by atoms with E-state index in [1.54, 1.807) is 10.3 Å². The maximum absolute atomic E-state index is 12.8. The second-order valence-electron chi connectivity index (χ2n) is 6.04. The number of nitrogens with zero attached hydrogens (tertiary/aromatic N) is 3. The number of thiazole rings is 1. The molecule has 2 aromatic heterocycles. The normalized spacial score (nSPS) is 15.2. The van der Waals surface area contributed by atoms with Gasteiger partial charge in [-0.1, -0.05) is 17.5 Å². The molecular weight excluding hydrogens is 404 g/mol. The molecule has 6 nitrogen and oxygen atoms in total. The Morgan fingerprint density at radius 3 is 2.89 bits per heavy atom. The van der Waals surface area contributed by atoms with E-state index in [1.165, 1.54) is 22.7 Å². The zero-order chi connectivity index (χ0) is 19.2. The number of nitrogens with one attached hydrogen (secondary N) is 1. The highest BCUT2D eigenvalue weighted by molar-refractivity contribution is 7.23. The molecule has 0 bridgehead atoms. The van der Waals surface area contributed by atoms with Crippen molar-refractivity contribution < 1.29 is 9.59 Å². The van der Waals surface area contributed by atoms with Gasteiger partial charge in [0.2, 0.25) is 5.91 Å². The first-order valence-corrected chi connectivity index (χ1v) is 10.6. The van der Waals surface area contributed by atoms with Gasteiger partial charge in [0.15, 0.2) is 0 Å². The summed E-state index contributed by atoms with van der Waals surface area (Å²) < 4.78 is 0.701. The Hall–Kier alpha value is -1.92. The first-order valence-electron chi connectivity index (χ1n) is 8.50. The summed E-state index contributed by atoms with van der Waals surface area (Å²) in [5.41, 5.74) is 0.458. The number of thiophene rings is 1. The van der Waals surface area contributed by atoms with Gasteiger partial charge in [-0.15, -0.1) is 29.1 Å². The molecular formula is C18H19ClN4O2S2. The van der Waals surface area contributed by atoms with Crippen molar-refractivity contribution in [2.75, 3.05) is 39.3 Å². The van der Waals surface area contributed by atoms with E-state index in [9.17, 15) is 9.59 Å². The van der Waals surface area contributed by atoms with Crippen LogP contribution in [-0.4, -0.2) is 65.9 Å². The average Bonchev–Trinajstić information content (AvgIpc) is 3.24. The van der Waals surface area contributed by atoms with Crippen LogP contribution in [0, 0.1) is 12.3 Å². The summed E-state index contributed by atoms with van der Waals surface area (Å²) in [4.78, 5) is 33.9. The number of amides is 2. The molecule has 0 atom stereocenters. The highest BCUT2D eigenvalue weighted by Gasteiger charge is 2.23. The van der Waals surface area contributed by atoms with Gasteiger partial charge in [-0.25, -0.2) is 4.98 Å². The van der Waals surface area contributed by atoms with Crippen molar-refractivity contribution in [1.82, 2.24) is 20.1 Å². The van der Waals surface area contributed by atoms with Crippen molar-refractivity contribution in [3.63, 3.8) is 0 Å². The molecule has 2 aromatic rings. The summed E-state index contributed by atoms with van der Waals surface area (Å²) in [6.07, 6.45) is 5.96. The highest BCUT2D eigenvalue weighted by Crippen LogP contribution is 2.33. The van der Waals surface area contributed by atoms with Crippen LogP contribution in [0.15, 0.2) is 17.5 Å². The quantitative estimate of drug-likeness (QED) is 0.751. The third kappa shape index (κ3) is 5.30. The van der Waals surface area contributed by atoms with Crippen LogP contribution in [0.5, 0.6) is 0 Å². The lowest BCUT2D eigenvalue weighted by Gasteiger charge is -2.21. The van der Waals surface area contributed by atoms with Gasteiger partial charge >= 0.3 is 0 Å². The van der Waals surface area contributed by atoms with Gasteiger partial charge in [-0.3, -0.25) is 14.5 Å².